The monoisotopic (exact) mass is 361 g/mol. The summed E-state index contributed by atoms with van der Waals surface area (Å²) in [4.78, 5) is 12.8. The number of amides is 1. The second-order valence-electron chi connectivity index (χ2n) is 4.76. The van der Waals surface area contributed by atoms with Gasteiger partial charge in [0.05, 0.1) is 11.4 Å². The number of hydrogen-bond acceptors (Lipinski definition) is 4. The molecule has 1 aromatic carbocycles. The van der Waals surface area contributed by atoms with Crippen LogP contribution in [0.5, 0.6) is 0 Å². The topological polar surface area (TPSA) is 58.6 Å². The highest BCUT2D eigenvalue weighted by Crippen LogP contribution is 2.20. The molecule has 1 amide bonds. The average Bonchev–Trinajstić information content (AvgIpc) is 2.42. The molecule has 0 aliphatic carbocycles. The maximum absolute atomic E-state index is 11.7. The van der Waals surface area contributed by atoms with E-state index in [1.165, 1.54) is 11.8 Å². The highest BCUT2D eigenvalue weighted by atomic mass is 79.9. The predicted octanol–water partition coefficient (Wildman–Crippen LogP) is 2.44. The van der Waals surface area contributed by atoms with Crippen molar-refractivity contribution in [2.45, 2.75) is 23.8 Å². The molecule has 112 valence electrons. The fourth-order valence-electron chi connectivity index (χ4n) is 1.43. The molecule has 20 heavy (non-hydrogen) atoms. The van der Waals surface area contributed by atoms with Crippen LogP contribution in [0.2, 0.25) is 0 Å². The molecule has 0 aliphatic heterocycles. The van der Waals surface area contributed by atoms with Gasteiger partial charge in [-0.3, -0.25) is 4.79 Å². The molecule has 0 aromatic heterocycles. The third kappa shape index (κ3) is 7.28. The molecule has 6 heteroatoms. The zero-order chi connectivity index (χ0) is 15.0. The van der Waals surface area contributed by atoms with Crippen LogP contribution in [-0.2, 0) is 9.53 Å². The third-order valence-electron chi connectivity index (χ3n) is 2.69. The molecule has 2 N–H and O–H groups in total. The normalized spacial score (nSPS) is 13.8. The smallest absolute Gasteiger partial charge is 0.230 e. The number of hydrogen-bond donors (Lipinski definition) is 2. The van der Waals surface area contributed by atoms with E-state index >= 15 is 0 Å². The summed E-state index contributed by atoms with van der Waals surface area (Å²) in [5.74, 6) is 0.248. The van der Waals surface area contributed by atoms with Gasteiger partial charge in [-0.15, -0.1) is 11.8 Å². The summed E-state index contributed by atoms with van der Waals surface area (Å²) in [5, 5.41) is 12.7. The summed E-state index contributed by atoms with van der Waals surface area (Å²) in [6.07, 6.45) is 0.490. The second-order valence-corrected chi connectivity index (χ2v) is 6.72. The van der Waals surface area contributed by atoms with Crippen molar-refractivity contribution in [3.8, 4) is 0 Å². The van der Waals surface area contributed by atoms with Crippen LogP contribution in [-0.4, -0.2) is 42.6 Å². The molecule has 0 heterocycles. The zero-order valence-corrected chi connectivity index (χ0v) is 14.1. The fourth-order valence-corrected chi connectivity index (χ4v) is 2.42. The van der Waals surface area contributed by atoms with Gasteiger partial charge in [0.15, 0.2) is 0 Å². The number of carbonyl (C=O) groups is 1. The Labute approximate surface area is 132 Å². The number of nitrogens with one attached hydrogen (secondary N) is 1. The number of rotatable bonds is 8. The lowest BCUT2D eigenvalue weighted by Gasteiger charge is -2.23. The predicted molar refractivity (Wildman–Crippen MR) is 85.0 cm³/mol. The van der Waals surface area contributed by atoms with E-state index < -0.39 is 5.60 Å². The minimum atomic E-state index is -0.937. The van der Waals surface area contributed by atoms with Gasteiger partial charge in [-0.2, -0.15) is 0 Å². The quantitative estimate of drug-likeness (QED) is 0.698. The van der Waals surface area contributed by atoms with Gasteiger partial charge in [0.25, 0.3) is 0 Å². The van der Waals surface area contributed by atoms with Crippen LogP contribution in [0.1, 0.15) is 13.3 Å². The Balaban J connectivity index is 2.28. The number of ether oxygens (including phenoxy) is 1. The van der Waals surface area contributed by atoms with Crippen molar-refractivity contribution >= 4 is 33.6 Å². The van der Waals surface area contributed by atoms with E-state index in [0.29, 0.717) is 18.8 Å². The standard InChI is InChI=1S/C14H20BrNO3S/c1-14(18,7-8-19-2)10-16-13(17)9-20-12-5-3-11(15)4-6-12/h3-6,18H,7-10H2,1-2H3,(H,16,17). The van der Waals surface area contributed by atoms with Gasteiger partial charge in [-0.1, -0.05) is 15.9 Å². The van der Waals surface area contributed by atoms with Crippen LogP contribution in [0.15, 0.2) is 33.6 Å². The molecule has 0 fully saturated rings. The Hall–Kier alpha value is -0.560. The molecule has 1 atom stereocenters. The van der Waals surface area contributed by atoms with Crippen LogP contribution in [0.25, 0.3) is 0 Å². The molecule has 1 rings (SSSR count). The first kappa shape index (κ1) is 17.5. The molecule has 0 aliphatic rings. The third-order valence-corrected chi connectivity index (χ3v) is 4.24. The molecular weight excluding hydrogens is 342 g/mol. The molecule has 0 saturated carbocycles. The Morgan fingerprint density at radius 3 is 2.70 bits per heavy atom. The second kappa shape index (κ2) is 8.67. The van der Waals surface area contributed by atoms with Gasteiger partial charge >= 0.3 is 0 Å². The number of carbonyl (C=O) groups excluding carboxylic acids is 1. The average molecular weight is 362 g/mol. The van der Waals surface area contributed by atoms with Crippen LogP contribution in [0.4, 0.5) is 0 Å². The van der Waals surface area contributed by atoms with E-state index in [9.17, 15) is 9.90 Å². The molecular formula is C14H20BrNO3S. The van der Waals surface area contributed by atoms with Gasteiger partial charge in [0, 0.05) is 36.1 Å². The van der Waals surface area contributed by atoms with Crippen LogP contribution >= 0.6 is 27.7 Å². The number of thioether (sulfide) groups is 1. The van der Waals surface area contributed by atoms with Crippen LogP contribution in [0, 0.1) is 0 Å². The van der Waals surface area contributed by atoms with E-state index in [1.807, 2.05) is 24.3 Å². The Bertz CT molecular complexity index is 423. The first-order valence-electron chi connectivity index (χ1n) is 6.29. The lowest BCUT2D eigenvalue weighted by atomic mass is 10.0. The maximum atomic E-state index is 11.7. The lowest BCUT2D eigenvalue weighted by Crippen LogP contribution is -2.41. The van der Waals surface area contributed by atoms with E-state index in [4.69, 9.17) is 4.74 Å². The van der Waals surface area contributed by atoms with Crippen molar-refractivity contribution in [2.75, 3.05) is 26.0 Å². The van der Waals surface area contributed by atoms with Crippen molar-refractivity contribution in [1.29, 1.82) is 0 Å². The summed E-state index contributed by atoms with van der Waals surface area (Å²) in [6.45, 7) is 2.39. The van der Waals surface area contributed by atoms with Crippen molar-refractivity contribution < 1.29 is 14.6 Å². The molecule has 1 unspecified atom stereocenters. The summed E-state index contributed by atoms with van der Waals surface area (Å²) >= 11 is 4.83. The SMILES string of the molecule is COCCC(C)(O)CNC(=O)CSc1ccc(Br)cc1. The molecule has 0 bridgehead atoms. The number of aliphatic hydroxyl groups is 1. The van der Waals surface area contributed by atoms with Crippen molar-refractivity contribution in [1.82, 2.24) is 5.32 Å². The van der Waals surface area contributed by atoms with Crippen LogP contribution < -0.4 is 5.32 Å². The van der Waals surface area contributed by atoms with Crippen molar-refractivity contribution in [3.05, 3.63) is 28.7 Å². The highest BCUT2D eigenvalue weighted by molar-refractivity contribution is 9.10. The van der Waals surface area contributed by atoms with E-state index in [-0.39, 0.29) is 12.5 Å². The molecule has 1 aromatic rings. The first-order chi connectivity index (χ1) is 9.43. The fraction of sp³-hybridized carbons (Fsp3) is 0.500. The summed E-state index contributed by atoms with van der Waals surface area (Å²) in [5.41, 5.74) is -0.937. The zero-order valence-electron chi connectivity index (χ0n) is 11.7. The van der Waals surface area contributed by atoms with Crippen LogP contribution in [0.3, 0.4) is 0 Å². The molecule has 0 radical (unpaired) electrons. The van der Waals surface area contributed by atoms with Gasteiger partial charge in [-0.25, -0.2) is 0 Å². The largest absolute Gasteiger partial charge is 0.388 e. The highest BCUT2D eigenvalue weighted by Gasteiger charge is 2.20. The Kier molecular flexibility index (Phi) is 7.58. The van der Waals surface area contributed by atoms with Gasteiger partial charge in [0.2, 0.25) is 5.91 Å². The minimum Gasteiger partial charge on any atom is -0.388 e. The van der Waals surface area contributed by atoms with E-state index in [1.54, 1.807) is 14.0 Å². The van der Waals surface area contributed by atoms with Crippen molar-refractivity contribution in [3.63, 3.8) is 0 Å². The van der Waals surface area contributed by atoms with Crippen molar-refractivity contribution in [2.24, 2.45) is 0 Å². The van der Waals surface area contributed by atoms with Gasteiger partial charge in [0.1, 0.15) is 0 Å². The van der Waals surface area contributed by atoms with Gasteiger partial charge in [-0.05, 0) is 31.2 Å². The molecule has 0 spiro atoms. The van der Waals surface area contributed by atoms with E-state index in [0.717, 1.165) is 9.37 Å². The molecule has 4 nitrogen and oxygen atoms in total. The summed E-state index contributed by atoms with van der Waals surface area (Å²) < 4.78 is 5.93. The van der Waals surface area contributed by atoms with E-state index in [2.05, 4.69) is 21.2 Å². The minimum absolute atomic E-state index is 0.0874. The Morgan fingerprint density at radius 1 is 1.45 bits per heavy atom. The molecule has 0 saturated heterocycles. The number of halogens is 1. The van der Waals surface area contributed by atoms with Gasteiger partial charge < -0.3 is 15.2 Å². The number of benzene rings is 1. The summed E-state index contributed by atoms with van der Waals surface area (Å²) in [7, 11) is 1.59. The first-order valence-corrected chi connectivity index (χ1v) is 8.07. The summed E-state index contributed by atoms with van der Waals surface area (Å²) in [6, 6.07) is 7.79. The Morgan fingerprint density at radius 2 is 2.10 bits per heavy atom. The maximum Gasteiger partial charge on any atom is 0.230 e. The lowest BCUT2D eigenvalue weighted by molar-refractivity contribution is -0.119. The number of methoxy groups -OCH3 is 1.